The van der Waals surface area contributed by atoms with Gasteiger partial charge in [-0.25, -0.2) is 15.0 Å². The maximum Gasteiger partial charge on any atom is 0.164 e. The zero-order valence-electron chi connectivity index (χ0n) is 22.3. The van der Waals surface area contributed by atoms with Gasteiger partial charge in [0.15, 0.2) is 17.5 Å². The van der Waals surface area contributed by atoms with Crippen molar-refractivity contribution in [2.45, 2.75) is 0 Å². The van der Waals surface area contributed by atoms with Crippen LogP contribution in [0.15, 0.2) is 127 Å². The molecule has 42 heavy (non-hydrogen) atoms. The summed E-state index contributed by atoms with van der Waals surface area (Å²) in [6.07, 6.45) is 0. The van der Waals surface area contributed by atoms with Gasteiger partial charge in [0.1, 0.15) is 11.5 Å². The third kappa shape index (κ3) is 3.57. The zero-order valence-corrected chi connectivity index (χ0v) is 23.1. The number of rotatable bonds is 3. The lowest BCUT2D eigenvalue weighted by Crippen LogP contribution is -2.01. The maximum atomic E-state index is 6.35. The molecule has 0 saturated heterocycles. The lowest BCUT2D eigenvalue weighted by molar-refractivity contribution is 0.487. The molecule has 0 fully saturated rings. The molecule has 0 N–H and O–H groups in total. The van der Waals surface area contributed by atoms with E-state index in [2.05, 4.69) is 72.8 Å². The van der Waals surface area contributed by atoms with E-state index in [0.29, 0.717) is 17.5 Å². The monoisotopic (exact) mass is 555 g/mol. The van der Waals surface area contributed by atoms with Crippen LogP contribution in [0, 0.1) is 0 Å². The van der Waals surface area contributed by atoms with E-state index in [1.54, 1.807) is 11.3 Å². The van der Waals surface area contributed by atoms with Gasteiger partial charge in [-0.1, -0.05) is 91.0 Å². The summed E-state index contributed by atoms with van der Waals surface area (Å²) in [6, 6.07) is 43.8. The molecule has 2 aromatic heterocycles. The molecule has 0 saturated carbocycles. The topological polar surface area (TPSA) is 47.9 Å². The van der Waals surface area contributed by atoms with E-state index in [1.807, 2.05) is 54.6 Å². The smallest absolute Gasteiger partial charge is 0.164 e. The first kappa shape index (κ1) is 23.3. The molecule has 1 aliphatic heterocycles. The minimum absolute atomic E-state index is 0.629. The lowest BCUT2D eigenvalue weighted by atomic mass is 9.93. The summed E-state index contributed by atoms with van der Waals surface area (Å²) in [7, 11) is 0. The molecule has 0 amide bonds. The molecule has 3 heterocycles. The van der Waals surface area contributed by atoms with Gasteiger partial charge < -0.3 is 4.74 Å². The van der Waals surface area contributed by atoms with Crippen molar-refractivity contribution < 1.29 is 4.74 Å². The van der Waals surface area contributed by atoms with Crippen LogP contribution in [-0.2, 0) is 0 Å². The molecule has 196 valence electrons. The predicted molar refractivity (Wildman–Crippen MR) is 172 cm³/mol. The van der Waals surface area contributed by atoms with Crippen LogP contribution in [0.4, 0.5) is 0 Å². The molecule has 9 rings (SSSR count). The summed E-state index contributed by atoms with van der Waals surface area (Å²) in [5.74, 6) is 3.65. The molecule has 5 heteroatoms. The number of aromatic nitrogens is 3. The highest BCUT2D eigenvalue weighted by molar-refractivity contribution is 7.25. The van der Waals surface area contributed by atoms with Crippen LogP contribution in [-0.4, -0.2) is 15.0 Å². The van der Waals surface area contributed by atoms with Crippen molar-refractivity contribution in [2.24, 2.45) is 0 Å². The van der Waals surface area contributed by atoms with Gasteiger partial charge >= 0.3 is 0 Å². The third-order valence-corrected chi connectivity index (χ3v) is 9.06. The van der Waals surface area contributed by atoms with Crippen LogP contribution in [0.3, 0.4) is 0 Å². The molecule has 0 bridgehead atoms. The average Bonchev–Trinajstić information content (AvgIpc) is 3.44. The maximum absolute atomic E-state index is 6.35. The van der Waals surface area contributed by atoms with Crippen molar-refractivity contribution in [1.82, 2.24) is 15.0 Å². The summed E-state index contributed by atoms with van der Waals surface area (Å²) in [5, 5.41) is 4.68. The van der Waals surface area contributed by atoms with Crippen LogP contribution in [0.25, 0.3) is 76.2 Å². The molecular formula is C37H21N3OS. The highest BCUT2D eigenvalue weighted by Gasteiger charge is 2.22. The van der Waals surface area contributed by atoms with Gasteiger partial charge in [-0.05, 0) is 47.3 Å². The van der Waals surface area contributed by atoms with Crippen LogP contribution < -0.4 is 4.74 Å². The average molecular weight is 556 g/mol. The molecule has 1 aliphatic rings. The Kier molecular flexibility index (Phi) is 5.03. The number of thiophene rings is 1. The molecule has 0 unspecified atom stereocenters. The Morgan fingerprint density at radius 2 is 1.17 bits per heavy atom. The molecular weight excluding hydrogens is 534 g/mol. The summed E-state index contributed by atoms with van der Waals surface area (Å²) in [5.41, 5.74) is 5.05. The van der Waals surface area contributed by atoms with Gasteiger partial charge in [0.25, 0.3) is 0 Å². The van der Waals surface area contributed by atoms with Crippen LogP contribution in [0.1, 0.15) is 0 Å². The number of benzene rings is 6. The highest BCUT2D eigenvalue weighted by atomic mass is 32.1. The number of nitrogens with zero attached hydrogens (tertiary/aromatic N) is 3. The first-order valence-electron chi connectivity index (χ1n) is 13.9. The van der Waals surface area contributed by atoms with Gasteiger partial charge in [0, 0.05) is 47.8 Å². The molecule has 0 radical (unpaired) electrons. The Hall–Kier alpha value is -5.39. The summed E-state index contributed by atoms with van der Waals surface area (Å²) in [6.45, 7) is 0. The Bertz CT molecular complexity index is 2340. The quantitative estimate of drug-likeness (QED) is 0.218. The fraction of sp³-hybridized carbons (Fsp3) is 0. The largest absolute Gasteiger partial charge is 0.456 e. The van der Waals surface area contributed by atoms with Gasteiger partial charge in [0.2, 0.25) is 0 Å². The second-order valence-corrected chi connectivity index (χ2v) is 11.5. The van der Waals surface area contributed by atoms with Crippen molar-refractivity contribution in [3.8, 4) is 56.8 Å². The molecule has 0 aliphatic carbocycles. The molecule has 6 aromatic carbocycles. The second-order valence-electron chi connectivity index (χ2n) is 10.4. The molecule has 4 nitrogen and oxygen atoms in total. The zero-order chi connectivity index (χ0) is 27.6. The van der Waals surface area contributed by atoms with Crippen molar-refractivity contribution in [3.05, 3.63) is 127 Å². The Morgan fingerprint density at radius 1 is 0.452 bits per heavy atom. The summed E-state index contributed by atoms with van der Waals surface area (Å²) in [4.78, 5) is 15.2. The van der Waals surface area contributed by atoms with E-state index < -0.39 is 0 Å². The first-order chi connectivity index (χ1) is 20.8. The minimum Gasteiger partial charge on any atom is -0.456 e. The van der Waals surface area contributed by atoms with Crippen molar-refractivity contribution in [2.75, 3.05) is 0 Å². The summed E-state index contributed by atoms with van der Waals surface area (Å²) >= 11 is 1.79. The van der Waals surface area contributed by atoms with E-state index in [9.17, 15) is 0 Å². The van der Waals surface area contributed by atoms with Crippen LogP contribution in [0.5, 0.6) is 11.5 Å². The normalized spacial score (nSPS) is 12.0. The van der Waals surface area contributed by atoms with Gasteiger partial charge in [-0.3, -0.25) is 0 Å². The van der Waals surface area contributed by atoms with E-state index in [-0.39, 0.29) is 0 Å². The van der Waals surface area contributed by atoms with Crippen LogP contribution >= 0.6 is 11.3 Å². The molecule has 0 spiro atoms. The summed E-state index contributed by atoms with van der Waals surface area (Å²) < 4.78 is 8.82. The van der Waals surface area contributed by atoms with E-state index in [1.165, 1.54) is 20.2 Å². The van der Waals surface area contributed by atoms with Crippen molar-refractivity contribution >= 4 is 42.3 Å². The molecule has 8 aromatic rings. The number of fused-ring (bicyclic) bond motifs is 5. The van der Waals surface area contributed by atoms with Gasteiger partial charge in [-0.2, -0.15) is 0 Å². The highest BCUT2D eigenvalue weighted by Crippen LogP contribution is 2.47. The van der Waals surface area contributed by atoms with Gasteiger partial charge in [0.05, 0.1) is 0 Å². The van der Waals surface area contributed by atoms with E-state index in [0.717, 1.165) is 50.1 Å². The third-order valence-electron chi connectivity index (χ3n) is 7.93. The van der Waals surface area contributed by atoms with Gasteiger partial charge in [-0.15, -0.1) is 11.3 Å². The number of hydrogen-bond acceptors (Lipinski definition) is 5. The van der Waals surface area contributed by atoms with Crippen molar-refractivity contribution in [3.63, 3.8) is 0 Å². The SMILES string of the molecule is c1ccc(-c2nc(-c3ccc4c(c3)-c3cccc5cccc(c35)O4)nc(-c3cccc4sc5ccccc5c34)n2)cc1. The Labute approximate surface area is 245 Å². The van der Waals surface area contributed by atoms with Crippen molar-refractivity contribution in [1.29, 1.82) is 0 Å². The second kappa shape index (κ2) is 9.06. The predicted octanol–water partition coefficient (Wildman–Crippen LogP) is 10.2. The molecule has 0 atom stereocenters. The lowest BCUT2D eigenvalue weighted by Gasteiger charge is -2.21. The van der Waals surface area contributed by atoms with E-state index in [4.69, 9.17) is 19.7 Å². The Balaban J connectivity index is 1.28. The Morgan fingerprint density at radius 3 is 2.07 bits per heavy atom. The standard InChI is InChI=1S/C37H21N3OS/c1-2-9-23(10-3-1)35-38-36(40-37(39-35)27-15-8-18-32-34(27)26-13-4-5-17-31(26)42-32)24-19-20-29-28(21-24)25-14-6-11-22-12-7-16-30(41-29)33(22)25/h1-21H. The van der Waals surface area contributed by atoms with Crippen LogP contribution in [0.2, 0.25) is 0 Å². The van der Waals surface area contributed by atoms with E-state index >= 15 is 0 Å². The fourth-order valence-electron chi connectivity index (χ4n) is 6.01. The number of ether oxygens (including phenoxy) is 1. The minimum atomic E-state index is 0.629. The fourth-order valence-corrected chi connectivity index (χ4v) is 7.14. The number of hydrogen-bond donors (Lipinski definition) is 0. The first-order valence-corrected chi connectivity index (χ1v) is 14.7.